The van der Waals surface area contributed by atoms with E-state index in [1.165, 1.54) is 0 Å². The minimum atomic E-state index is -0.249. The van der Waals surface area contributed by atoms with Crippen LogP contribution in [0.25, 0.3) is 0 Å². The number of morpholine rings is 1. The van der Waals surface area contributed by atoms with Crippen molar-refractivity contribution in [1.29, 1.82) is 0 Å². The van der Waals surface area contributed by atoms with Gasteiger partial charge in [0.25, 0.3) is 0 Å². The molecule has 2 aliphatic heterocycles. The van der Waals surface area contributed by atoms with Crippen molar-refractivity contribution >= 4 is 7.12 Å². The SMILES string of the molecule is CC1(C)OB(C2(COCCN3CCOCC3)CC2)OC1(C)C. The summed E-state index contributed by atoms with van der Waals surface area (Å²) in [6, 6.07) is 0. The lowest BCUT2D eigenvalue weighted by Crippen LogP contribution is -2.41. The number of rotatable bonds is 6. The Hall–Kier alpha value is -0.135. The fourth-order valence-electron chi connectivity index (χ4n) is 3.00. The highest BCUT2D eigenvalue weighted by Gasteiger charge is 2.64. The highest BCUT2D eigenvalue weighted by molar-refractivity contribution is 6.51. The van der Waals surface area contributed by atoms with Gasteiger partial charge in [-0.15, -0.1) is 0 Å². The van der Waals surface area contributed by atoms with Crippen LogP contribution >= 0.6 is 0 Å². The second-order valence-electron chi connectivity index (χ2n) is 7.96. The van der Waals surface area contributed by atoms with Crippen molar-refractivity contribution in [2.45, 2.75) is 57.1 Å². The summed E-state index contributed by atoms with van der Waals surface area (Å²) >= 11 is 0. The molecule has 3 aliphatic rings. The minimum absolute atomic E-state index is 0.0794. The average molecular weight is 311 g/mol. The van der Waals surface area contributed by atoms with Gasteiger partial charge >= 0.3 is 7.12 Å². The first-order valence-electron chi connectivity index (χ1n) is 8.58. The number of hydrogen-bond acceptors (Lipinski definition) is 5. The summed E-state index contributed by atoms with van der Waals surface area (Å²) in [4.78, 5) is 2.40. The minimum Gasteiger partial charge on any atom is -0.403 e. The van der Waals surface area contributed by atoms with E-state index < -0.39 is 0 Å². The van der Waals surface area contributed by atoms with Crippen LogP contribution in [-0.2, 0) is 18.8 Å². The molecule has 0 aromatic carbocycles. The van der Waals surface area contributed by atoms with Gasteiger partial charge in [0.15, 0.2) is 0 Å². The summed E-state index contributed by atoms with van der Waals surface area (Å²) in [7, 11) is -0.124. The molecular weight excluding hydrogens is 281 g/mol. The van der Waals surface area contributed by atoms with Crippen LogP contribution in [0.15, 0.2) is 0 Å². The van der Waals surface area contributed by atoms with Crippen LogP contribution in [-0.4, -0.2) is 69.3 Å². The van der Waals surface area contributed by atoms with Crippen LogP contribution in [0.1, 0.15) is 40.5 Å². The van der Waals surface area contributed by atoms with Crippen molar-refractivity contribution < 1.29 is 18.8 Å². The monoisotopic (exact) mass is 311 g/mol. The molecule has 0 radical (unpaired) electrons. The summed E-state index contributed by atoms with van der Waals surface area (Å²) in [5, 5.41) is 0.0794. The van der Waals surface area contributed by atoms with Gasteiger partial charge in [-0.1, -0.05) is 0 Å². The van der Waals surface area contributed by atoms with Gasteiger partial charge in [0, 0.05) is 24.9 Å². The molecule has 1 saturated carbocycles. The second kappa shape index (κ2) is 6.06. The Bertz CT molecular complexity index is 376. The van der Waals surface area contributed by atoms with E-state index in [4.69, 9.17) is 18.8 Å². The van der Waals surface area contributed by atoms with Crippen molar-refractivity contribution in [2.24, 2.45) is 0 Å². The molecule has 22 heavy (non-hydrogen) atoms. The van der Waals surface area contributed by atoms with Crippen molar-refractivity contribution in [3.05, 3.63) is 0 Å². The highest BCUT2D eigenvalue weighted by Crippen LogP contribution is 2.60. The molecule has 3 fully saturated rings. The maximum absolute atomic E-state index is 6.21. The molecule has 0 N–H and O–H groups in total. The number of nitrogens with zero attached hydrogens (tertiary/aromatic N) is 1. The molecule has 0 aromatic rings. The van der Waals surface area contributed by atoms with Crippen molar-refractivity contribution in [1.82, 2.24) is 4.90 Å². The van der Waals surface area contributed by atoms with Gasteiger partial charge in [-0.25, -0.2) is 0 Å². The predicted molar refractivity (Wildman–Crippen MR) is 86.1 cm³/mol. The van der Waals surface area contributed by atoms with Gasteiger partial charge in [-0.2, -0.15) is 0 Å². The second-order valence-corrected chi connectivity index (χ2v) is 7.96. The zero-order chi connectivity index (χ0) is 15.8. The van der Waals surface area contributed by atoms with E-state index >= 15 is 0 Å². The Morgan fingerprint density at radius 3 is 2.14 bits per heavy atom. The van der Waals surface area contributed by atoms with Crippen molar-refractivity contribution in [2.75, 3.05) is 46.1 Å². The summed E-state index contributed by atoms with van der Waals surface area (Å²) in [5.74, 6) is 0. The van der Waals surface area contributed by atoms with Gasteiger partial charge < -0.3 is 18.8 Å². The lowest BCUT2D eigenvalue weighted by atomic mass is 9.68. The molecule has 0 atom stereocenters. The van der Waals surface area contributed by atoms with Crippen molar-refractivity contribution in [3.63, 3.8) is 0 Å². The Labute approximate surface area is 134 Å². The van der Waals surface area contributed by atoms with Crippen LogP contribution in [0.5, 0.6) is 0 Å². The molecule has 0 aromatic heterocycles. The molecule has 6 heteroatoms. The van der Waals surface area contributed by atoms with Crippen LogP contribution < -0.4 is 0 Å². The van der Waals surface area contributed by atoms with Crippen LogP contribution in [0.4, 0.5) is 0 Å². The predicted octanol–water partition coefficient (Wildman–Crippen LogP) is 1.96. The maximum atomic E-state index is 6.21. The third-order valence-corrected chi connectivity index (χ3v) is 5.69. The van der Waals surface area contributed by atoms with E-state index in [0.29, 0.717) is 0 Å². The molecule has 2 heterocycles. The Kier molecular flexibility index (Phi) is 4.60. The Morgan fingerprint density at radius 2 is 1.59 bits per heavy atom. The average Bonchev–Trinajstić information content (AvgIpc) is 3.20. The Balaban J connectivity index is 1.43. The normalized spacial score (nSPS) is 29.7. The topological polar surface area (TPSA) is 40.2 Å². The lowest BCUT2D eigenvalue weighted by molar-refractivity contribution is 0.00578. The molecule has 1 aliphatic carbocycles. The smallest absolute Gasteiger partial charge is 0.403 e. The quantitative estimate of drug-likeness (QED) is 0.554. The summed E-state index contributed by atoms with van der Waals surface area (Å²) < 4.78 is 23.7. The molecule has 0 bridgehead atoms. The Morgan fingerprint density at radius 1 is 1.00 bits per heavy atom. The molecule has 126 valence electrons. The van der Waals surface area contributed by atoms with E-state index in [2.05, 4.69) is 32.6 Å². The third-order valence-electron chi connectivity index (χ3n) is 5.69. The molecule has 0 unspecified atom stereocenters. The fraction of sp³-hybridized carbons (Fsp3) is 1.00. The maximum Gasteiger partial charge on any atom is 0.466 e. The van der Waals surface area contributed by atoms with Crippen LogP contribution in [0, 0.1) is 0 Å². The van der Waals surface area contributed by atoms with Crippen molar-refractivity contribution in [3.8, 4) is 0 Å². The molecule has 3 rings (SSSR count). The number of ether oxygens (including phenoxy) is 2. The molecule has 2 saturated heterocycles. The van der Waals surface area contributed by atoms with Gasteiger partial charge in [0.05, 0.1) is 37.6 Å². The van der Waals surface area contributed by atoms with Gasteiger partial charge in [0.1, 0.15) is 0 Å². The molecule has 5 nitrogen and oxygen atoms in total. The first kappa shape index (κ1) is 16.7. The first-order valence-corrected chi connectivity index (χ1v) is 8.58. The summed E-state index contributed by atoms with van der Waals surface area (Å²) in [5.41, 5.74) is -0.498. The molecular formula is C16H30BNO4. The van der Waals surface area contributed by atoms with Gasteiger partial charge in [-0.05, 0) is 40.5 Å². The van der Waals surface area contributed by atoms with Gasteiger partial charge in [-0.3, -0.25) is 4.90 Å². The van der Waals surface area contributed by atoms with Crippen LogP contribution in [0.2, 0.25) is 5.31 Å². The third kappa shape index (κ3) is 3.36. The zero-order valence-electron chi connectivity index (χ0n) is 14.5. The van der Waals surface area contributed by atoms with E-state index in [1.54, 1.807) is 0 Å². The van der Waals surface area contributed by atoms with Crippen LogP contribution in [0.3, 0.4) is 0 Å². The lowest BCUT2D eigenvalue weighted by Gasteiger charge is -2.32. The fourth-order valence-corrected chi connectivity index (χ4v) is 3.00. The summed E-state index contributed by atoms with van der Waals surface area (Å²) in [6.45, 7) is 14.7. The van der Waals surface area contributed by atoms with Gasteiger partial charge in [0.2, 0.25) is 0 Å². The molecule has 0 amide bonds. The van der Waals surface area contributed by atoms with E-state index in [-0.39, 0.29) is 23.6 Å². The standard InChI is InChI=1S/C16H30BNO4/c1-14(2)15(3,4)22-17(21-14)16(5-6-16)13-20-12-9-18-7-10-19-11-8-18/h5-13H2,1-4H3. The number of hydrogen-bond donors (Lipinski definition) is 0. The molecule has 0 spiro atoms. The summed E-state index contributed by atoms with van der Waals surface area (Å²) in [6.07, 6.45) is 2.28. The van der Waals surface area contributed by atoms with E-state index in [0.717, 1.165) is 58.9 Å². The van der Waals surface area contributed by atoms with E-state index in [1.807, 2.05) is 0 Å². The highest BCUT2D eigenvalue weighted by atomic mass is 16.7. The largest absolute Gasteiger partial charge is 0.466 e. The first-order chi connectivity index (χ1) is 10.3. The van der Waals surface area contributed by atoms with E-state index in [9.17, 15) is 0 Å². The zero-order valence-corrected chi connectivity index (χ0v) is 14.5.